The molecule has 0 saturated carbocycles. The number of amides is 2. The van der Waals surface area contributed by atoms with Gasteiger partial charge in [0.2, 0.25) is 11.7 Å². The lowest BCUT2D eigenvalue weighted by atomic mass is 10.1. The van der Waals surface area contributed by atoms with E-state index < -0.39 is 5.91 Å². The summed E-state index contributed by atoms with van der Waals surface area (Å²) in [6, 6.07) is 19.0. The zero-order valence-electron chi connectivity index (χ0n) is 16.1. The minimum atomic E-state index is -0.504. The van der Waals surface area contributed by atoms with Crippen LogP contribution >= 0.6 is 0 Å². The first-order valence-electron chi connectivity index (χ1n) is 9.00. The number of benzene rings is 2. The summed E-state index contributed by atoms with van der Waals surface area (Å²) >= 11 is 0. The number of rotatable bonds is 5. The lowest BCUT2D eigenvalue weighted by molar-refractivity contribution is -0.121. The molecular formula is C21H23N5O2. The van der Waals surface area contributed by atoms with E-state index >= 15 is 0 Å². The Kier molecular flexibility index (Phi) is 5.54. The first kappa shape index (κ1) is 19.3. The van der Waals surface area contributed by atoms with Gasteiger partial charge in [0.05, 0.1) is 12.2 Å². The van der Waals surface area contributed by atoms with Gasteiger partial charge in [-0.2, -0.15) is 0 Å². The molecule has 7 heteroatoms. The molecule has 2 aromatic carbocycles. The lowest BCUT2D eigenvalue weighted by Gasteiger charge is -2.20. The van der Waals surface area contributed by atoms with Crippen molar-refractivity contribution in [2.45, 2.75) is 26.3 Å². The molecule has 0 aliphatic heterocycles. The largest absolute Gasteiger partial charge is 0.350 e. The van der Waals surface area contributed by atoms with E-state index in [4.69, 9.17) is 0 Å². The Balaban J connectivity index is 1.85. The van der Waals surface area contributed by atoms with Crippen molar-refractivity contribution in [1.82, 2.24) is 25.4 Å². The summed E-state index contributed by atoms with van der Waals surface area (Å²) in [5.41, 5.74) is 1.26. The van der Waals surface area contributed by atoms with E-state index in [2.05, 4.69) is 20.7 Å². The fourth-order valence-corrected chi connectivity index (χ4v) is 2.63. The molecule has 1 heterocycles. The molecule has 3 aromatic rings. The van der Waals surface area contributed by atoms with Crippen LogP contribution in [0.3, 0.4) is 0 Å². The van der Waals surface area contributed by atoms with Gasteiger partial charge in [-0.05, 0) is 32.9 Å². The third kappa shape index (κ3) is 4.82. The van der Waals surface area contributed by atoms with Crippen molar-refractivity contribution in [3.05, 3.63) is 66.5 Å². The Morgan fingerprint density at radius 3 is 2.18 bits per heavy atom. The summed E-state index contributed by atoms with van der Waals surface area (Å²) in [7, 11) is 0. The van der Waals surface area contributed by atoms with E-state index in [1.807, 2.05) is 81.4 Å². The molecule has 0 unspecified atom stereocenters. The van der Waals surface area contributed by atoms with Gasteiger partial charge < -0.3 is 10.6 Å². The molecule has 0 atom stereocenters. The molecule has 7 nitrogen and oxygen atoms in total. The van der Waals surface area contributed by atoms with Crippen molar-refractivity contribution in [1.29, 1.82) is 0 Å². The predicted octanol–water partition coefficient (Wildman–Crippen LogP) is 2.58. The third-order valence-electron chi connectivity index (χ3n) is 3.77. The summed E-state index contributed by atoms with van der Waals surface area (Å²) in [5, 5.41) is 9.74. The van der Waals surface area contributed by atoms with Gasteiger partial charge in [0.15, 0.2) is 5.82 Å². The quantitative estimate of drug-likeness (QED) is 0.715. The number of hydrogen-bond acceptors (Lipinski definition) is 4. The average Bonchev–Trinajstić information content (AvgIpc) is 3.12. The Morgan fingerprint density at radius 1 is 0.964 bits per heavy atom. The maximum absolute atomic E-state index is 12.5. The van der Waals surface area contributed by atoms with E-state index in [9.17, 15) is 9.59 Å². The maximum Gasteiger partial charge on any atom is 0.291 e. The van der Waals surface area contributed by atoms with E-state index in [0.29, 0.717) is 5.82 Å². The normalized spacial score (nSPS) is 11.1. The van der Waals surface area contributed by atoms with Gasteiger partial charge >= 0.3 is 0 Å². The van der Waals surface area contributed by atoms with Gasteiger partial charge in [0.25, 0.3) is 5.91 Å². The van der Waals surface area contributed by atoms with Crippen LogP contribution in [0, 0.1) is 0 Å². The minimum absolute atomic E-state index is 0.00580. The first-order chi connectivity index (χ1) is 13.3. The Hall–Kier alpha value is -3.48. The molecule has 0 radical (unpaired) electrons. The monoisotopic (exact) mass is 377 g/mol. The van der Waals surface area contributed by atoms with Crippen LogP contribution in [0.15, 0.2) is 60.7 Å². The standard InChI is InChI=1S/C21H23N5O2/c1-21(2,3)24-17(27)14-22-20(28)18-23-19(15-10-6-4-7-11-15)26(25-18)16-12-8-5-9-13-16/h4-13H,14H2,1-3H3,(H,22,28)(H,24,27). The van der Waals surface area contributed by atoms with Crippen LogP contribution < -0.4 is 10.6 Å². The number of carbonyl (C=O) groups excluding carboxylic acids is 2. The highest BCUT2D eigenvalue weighted by Gasteiger charge is 2.20. The number of nitrogens with one attached hydrogen (secondary N) is 2. The molecule has 2 amide bonds. The first-order valence-corrected chi connectivity index (χ1v) is 9.00. The predicted molar refractivity (Wildman–Crippen MR) is 107 cm³/mol. The molecule has 0 saturated heterocycles. The lowest BCUT2D eigenvalue weighted by Crippen LogP contribution is -2.46. The molecule has 3 rings (SSSR count). The molecule has 144 valence electrons. The number of para-hydroxylation sites is 1. The van der Waals surface area contributed by atoms with Crippen LogP contribution in [0.2, 0.25) is 0 Å². The summed E-state index contributed by atoms with van der Waals surface area (Å²) in [6.07, 6.45) is 0. The highest BCUT2D eigenvalue weighted by atomic mass is 16.2. The van der Waals surface area contributed by atoms with Crippen LogP contribution in [0.4, 0.5) is 0 Å². The van der Waals surface area contributed by atoms with Crippen molar-refractivity contribution in [2.75, 3.05) is 6.54 Å². The number of hydrogen-bond donors (Lipinski definition) is 2. The molecule has 2 N–H and O–H groups in total. The molecule has 0 aliphatic rings. The maximum atomic E-state index is 12.5. The Morgan fingerprint density at radius 2 is 1.57 bits per heavy atom. The number of aromatic nitrogens is 3. The third-order valence-corrected chi connectivity index (χ3v) is 3.77. The van der Waals surface area contributed by atoms with E-state index in [0.717, 1.165) is 11.3 Å². The van der Waals surface area contributed by atoms with Gasteiger partial charge in [-0.15, -0.1) is 5.10 Å². The van der Waals surface area contributed by atoms with Crippen molar-refractivity contribution < 1.29 is 9.59 Å². The van der Waals surface area contributed by atoms with Crippen molar-refractivity contribution in [2.24, 2.45) is 0 Å². The zero-order chi connectivity index (χ0) is 20.1. The van der Waals surface area contributed by atoms with Crippen LogP contribution in [0.5, 0.6) is 0 Å². The second-order valence-corrected chi connectivity index (χ2v) is 7.35. The fourth-order valence-electron chi connectivity index (χ4n) is 2.63. The smallest absolute Gasteiger partial charge is 0.291 e. The SMILES string of the molecule is CC(C)(C)NC(=O)CNC(=O)c1nc(-c2ccccc2)n(-c2ccccc2)n1. The summed E-state index contributed by atoms with van der Waals surface area (Å²) in [4.78, 5) is 28.9. The topological polar surface area (TPSA) is 88.9 Å². The van der Waals surface area contributed by atoms with Gasteiger partial charge in [0.1, 0.15) is 0 Å². The van der Waals surface area contributed by atoms with E-state index in [-0.39, 0.29) is 23.8 Å². The number of nitrogens with zero attached hydrogens (tertiary/aromatic N) is 3. The fraction of sp³-hybridized carbons (Fsp3) is 0.238. The molecule has 28 heavy (non-hydrogen) atoms. The Labute approximate surface area is 163 Å². The molecule has 1 aromatic heterocycles. The van der Waals surface area contributed by atoms with E-state index in [1.165, 1.54) is 0 Å². The highest BCUT2D eigenvalue weighted by Crippen LogP contribution is 2.20. The molecular weight excluding hydrogens is 354 g/mol. The average molecular weight is 377 g/mol. The molecule has 0 aliphatic carbocycles. The Bertz CT molecular complexity index is 902. The van der Waals surface area contributed by atoms with Crippen LogP contribution in [0.1, 0.15) is 31.4 Å². The van der Waals surface area contributed by atoms with Gasteiger partial charge in [0, 0.05) is 11.1 Å². The van der Waals surface area contributed by atoms with Gasteiger partial charge in [-0.3, -0.25) is 9.59 Å². The van der Waals surface area contributed by atoms with Crippen LogP contribution in [-0.2, 0) is 4.79 Å². The number of carbonyl (C=O) groups is 2. The zero-order valence-corrected chi connectivity index (χ0v) is 16.1. The second kappa shape index (κ2) is 8.04. The molecule has 0 bridgehead atoms. The minimum Gasteiger partial charge on any atom is -0.350 e. The summed E-state index contributed by atoms with van der Waals surface area (Å²) in [6.45, 7) is 5.49. The van der Waals surface area contributed by atoms with Crippen molar-refractivity contribution in [3.63, 3.8) is 0 Å². The summed E-state index contributed by atoms with van der Waals surface area (Å²) < 4.78 is 1.62. The molecule has 0 fully saturated rings. The highest BCUT2D eigenvalue weighted by molar-refractivity contribution is 5.94. The second-order valence-electron chi connectivity index (χ2n) is 7.35. The van der Waals surface area contributed by atoms with Gasteiger partial charge in [-0.1, -0.05) is 48.5 Å². The van der Waals surface area contributed by atoms with Crippen LogP contribution in [-0.4, -0.2) is 38.7 Å². The van der Waals surface area contributed by atoms with Crippen molar-refractivity contribution >= 4 is 11.8 Å². The van der Waals surface area contributed by atoms with Crippen molar-refractivity contribution in [3.8, 4) is 17.1 Å². The summed E-state index contributed by atoms with van der Waals surface area (Å²) in [5.74, 6) is -0.218. The molecule has 0 spiro atoms. The van der Waals surface area contributed by atoms with E-state index in [1.54, 1.807) is 4.68 Å². The van der Waals surface area contributed by atoms with Crippen LogP contribution in [0.25, 0.3) is 17.1 Å². The van der Waals surface area contributed by atoms with Gasteiger partial charge in [-0.25, -0.2) is 9.67 Å².